The summed E-state index contributed by atoms with van der Waals surface area (Å²) >= 11 is 0. The molecule has 0 radical (unpaired) electrons. The van der Waals surface area contributed by atoms with E-state index in [-0.39, 0.29) is 12.0 Å². The molecule has 1 amide bonds. The van der Waals surface area contributed by atoms with Gasteiger partial charge in [0.25, 0.3) is 0 Å². The summed E-state index contributed by atoms with van der Waals surface area (Å²) in [7, 11) is 0. The molecule has 2 saturated heterocycles. The van der Waals surface area contributed by atoms with Gasteiger partial charge in [-0.05, 0) is 37.1 Å². The number of nitriles is 1. The molecule has 0 aromatic heterocycles. The van der Waals surface area contributed by atoms with E-state index in [1.165, 1.54) is 11.0 Å². The molecule has 164 valence electrons. The summed E-state index contributed by atoms with van der Waals surface area (Å²) in [5, 5.41) is 14.3. The fourth-order valence-electron chi connectivity index (χ4n) is 4.03. The first-order valence-corrected chi connectivity index (χ1v) is 9.46. The average molecular weight is 434 g/mol. The molecule has 30 heavy (non-hydrogen) atoms. The normalized spacial score (nSPS) is 25.6. The highest BCUT2D eigenvalue weighted by molar-refractivity contribution is 5.82. The zero-order valence-electron chi connectivity index (χ0n) is 15.8. The molecular weight excluding hydrogens is 414 g/mol. The van der Waals surface area contributed by atoms with Gasteiger partial charge >= 0.3 is 12.4 Å². The summed E-state index contributed by atoms with van der Waals surface area (Å²) in [4.78, 5) is 14.3. The molecule has 0 aliphatic carbocycles. The van der Waals surface area contributed by atoms with Gasteiger partial charge in [0.15, 0.2) is 0 Å². The van der Waals surface area contributed by atoms with E-state index in [0.717, 1.165) is 12.1 Å². The van der Waals surface area contributed by atoms with Crippen LogP contribution in [0, 0.1) is 11.3 Å². The maximum atomic E-state index is 13.6. The monoisotopic (exact) mass is 434 g/mol. The number of carbonyl (C=O) groups is 1. The van der Waals surface area contributed by atoms with Gasteiger partial charge in [0, 0.05) is 25.6 Å². The predicted molar refractivity (Wildman–Crippen MR) is 94.4 cm³/mol. The van der Waals surface area contributed by atoms with Crippen molar-refractivity contribution in [2.24, 2.45) is 0 Å². The van der Waals surface area contributed by atoms with E-state index in [0.29, 0.717) is 38.7 Å². The largest absolute Gasteiger partial charge is 0.417 e. The molecule has 1 aromatic rings. The van der Waals surface area contributed by atoms with E-state index in [2.05, 4.69) is 10.6 Å². The minimum absolute atomic E-state index is 0.205. The van der Waals surface area contributed by atoms with Crippen LogP contribution in [0.4, 0.5) is 26.3 Å². The van der Waals surface area contributed by atoms with Crippen LogP contribution < -0.4 is 10.6 Å². The maximum absolute atomic E-state index is 13.6. The Kier molecular flexibility index (Phi) is 6.29. The second-order valence-corrected chi connectivity index (χ2v) is 7.42. The molecular formula is C19H20F6N4O. The quantitative estimate of drug-likeness (QED) is 0.703. The molecule has 1 unspecified atom stereocenters. The Morgan fingerprint density at radius 1 is 1.13 bits per heavy atom. The number of hydrogen-bond donors (Lipinski definition) is 2. The van der Waals surface area contributed by atoms with Crippen molar-refractivity contribution in [2.45, 2.75) is 43.2 Å². The van der Waals surface area contributed by atoms with E-state index in [1.54, 1.807) is 0 Å². The first kappa shape index (κ1) is 22.4. The van der Waals surface area contributed by atoms with Gasteiger partial charge in [0.2, 0.25) is 5.91 Å². The van der Waals surface area contributed by atoms with Crippen LogP contribution in [0.5, 0.6) is 0 Å². The number of benzene rings is 1. The zero-order chi connectivity index (χ0) is 22.1. The van der Waals surface area contributed by atoms with Crippen molar-refractivity contribution in [1.82, 2.24) is 15.5 Å². The number of nitrogens with zero attached hydrogens (tertiary/aromatic N) is 2. The van der Waals surface area contributed by atoms with E-state index in [1.807, 2.05) is 0 Å². The first-order valence-electron chi connectivity index (χ1n) is 9.46. The molecule has 0 spiro atoms. The van der Waals surface area contributed by atoms with Gasteiger partial charge in [-0.15, -0.1) is 0 Å². The second kappa shape index (κ2) is 8.43. The van der Waals surface area contributed by atoms with E-state index in [4.69, 9.17) is 5.26 Å². The Bertz CT molecular complexity index is 824. The number of nitrogens with one attached hydrogen (secondary N) is 2. The lowest BCUT2D eigenvalue weighted by Gasteiger charge is -2.25. The lowest BCUT2D eigenvalue weighted by molar-refractivity contribution is -0.156. The average Bonchev–Trinajstić information content (AvgIpc) is 2.96. The molecule has 0 bridgehead atoms. The Hall–Kier alpha value is -2.32. The van der Waals surface area contributed by atoms with Crippen LogP contribution in [0.2, 0.25) is 0 Å². The molecule has 5 nitrogen and oxygen atoms in total. The SMILES string of the molecule is N#Cc1ccc(C2C[C@@H](C(=O)N3CCCNCC3)N[C@H]2C(F)(F)F)cc1C(F)(F)F. The van der Waals surface area contributed by atoms with E-state index in [9.17, 15) is 31.1 Å². The number of carbonyl (C=O) groups excluding carboxylic acids is 1. The van der Waals surface area contributed by atoms with Gasteiger partial charge in [0.05, 0.1) is 23.2 Å². The highest BCUT2D eigenvalue weighted by atomic mass is 19.4. The van der Waals surface area contributed by atoms with Crippen LogP contribution in [0.1, 0.15) is 35.4 Å². The highest BCUT2D eigenvalue weighted by Gasteiger charge is 2.52. The smallest absolute Gasteiger partial charge is 0.340 e. The summed E-state index contributed by atoms with van der Waals surface area (Å²) in [6.07, 6.45) is -9.26. The minimum atomic E-state index is -4.88. The van der Waals surface area contributed by atoms with Crippen LogP contribution >= 0.6 is 0 Å². The van der Waals surface area contributed by atoms with Crippen molar-refractivity contribution in [2.75, 3.05) is 26.2 Å². The van der Waals surface area contributed by atoms with Gasteiger partial charge in [-0.3, -0.25) is 10.1 Å². The molecule has 3 atom stereocenters. The van der Waals surface area contributed by atoms with Gasteiger partial charge in [-0.2, -0.15) is 31.6 Å². The molecule has 2 fully saturated rings. The van der Waals surface area contributed by atoms with E-state index < -0.39 is 47.4 Å². The van der Waals surface area contributed by atoms with Crippen molar-refractivity contribution in [3.8, 4) is 6.07 Å². The van der Waals surface area contributed by atoms with Crippen LogP contribution in [0.15, 0.2) is 18.2 Å². The summed E-state index contributed by atoms with van der Waals surface area (Å²) in [6, 6.07) is 0.667. The van der Waals surface area contributed by atoms with Crippen molar-refractivity contribution in [1.29, 1.82) is 5.26 Å². The number of amides is 1. The van der Waals surface area contributed by atoms with Crippen molar-refractivity contribution in [3.63, 3.8) is 0 Å². The third-order valence-electron chi connectivity index (χ3n) is 5.47. The van der Waals surface area contributed by atoms with Crippen LogP contribution in [-0.4, -0.2) is 55.2 Å². The lowest BCUT2D eigenvalue weighted by atomic mass is 9.88. The van der Waals surface area contributed by atoms with Gasteiger partial charge < -0.3 is 10.2 Å². The van der Waals surface area contributed by atoms with Gasteiger partial charge in [-0.1, -0.05) is 6.07 Å². The second-order valence-electron chi connectivity index (χ2n) is 7.42. The third-order valence-corrected chi connectivity index (χ3v) is 5.47. The molecule has 2 heterocycles. The fraction of sp³-hybridized carbons (Fsp3) is 0.579. The molecule has 1 aromatic carbocycles. The Balaban J connectivity index is 1.91. The van der Waals surface area contributed by atoms with Gasteiger partial charge in [0.1, 0.15) is 6.04 Å². The third kappa shape index (κ3) is 4.70. The molecule has 2 N–H and O–H groups in total. The first-order chi connectivity index (χ1) is 14.0. The Labute approximate surface area is 169 Å². The van der Waals surface area contributed by atoms with E-state index >= 15 is 0 Å². The topological polar surface area (TPSA) is 68.2 Å². The number of hydrogen-bond acceptors (Lipinski definition) is 4. The predicted octanol–water partition coefficient (Wildman–Crippen LogP) is 2.78. The summed E-state index contributed by atoms with van der Waals surface area (Å²) in [5.41, 5.74) is -2.15. The number of alkyl halides is 6. The summed E-state index contributed by atoms with van der Waals surface area (Å²) in [6.45, 7) is 1.98. The fourth-order valence-corrected chi connectivity index (χ4v) is 4.03. The van der Waals surface area contributed by atoms with Crippen LogP contribution in [-0.2, 0) is 11.0 Å². The minimum Gasteiger partial charge on any atom is -0.340 e. The standard InChI is InChI=1S/C19H20F6N4O/c20-18(21,22)14-8-11(2-3-12(14)10-26)13-9-15(28-16(13)19(23,24)25)17(30)29-6-1-4-27-5-7-29/h2-3,8,13,15-16,27-28H,1,4-7,9H2/t13?,15-,16+/m0/s1. The molecule has 2 aliphatic heterocycles. The van der Waals surface area contributed by atoms with Crippen LogP contribution in [0.3, 0.4) is 0 Å². The highest BCUT2D eigenvalue weighted by Crippen LogP contribution is 2.42. The Morgan fingerprint density at radius 2 is 1.87 bits per heavy atom. The molecule has 2 aliphatic rings. The molecule has 0 saturated carbocycles. The maximum Gasteiger partial charge on any atom is 0.417 e. The van der Waals surface area contributed by atoms with Crippen LogP contribution in [0.25, 0.3) is 0 Å². The number of halogens is 6. The Morgan fingerprint density at radius 3 is 2.50 bits per heavy atom. The van der Waals surface area contributed by atoms with Crippen molar-refractivity contribution < 1.29 is 31.1 Å². The summed E-state index contributed by atoms with van der Waals surface area (Å²) in [5.74, 6) is -1.86. The summed E-state index contributed by atoms with van der Waals surface area (Å²) < 4.78 is 80.7. The van der Waals surface area contributed by atoms with Crippen molar-refractivity contribution in [3.05, 3.63) is 34.9 Å². The van der Waals surface area contributed by atoms with Gasteiger partial charge in [-0.25, -0.2) is 0 Å². The zero-order valence-corrected chi connectivity index (χ0v) is 15.8. The molecule has 3 rings (SSSR count). The molecule has 11 heteroatoms. The van der Waals surface area contributed by atoms with Crippen molar-refractivity contribution >= 4 is 5.91 Å². The number of rotatable bonds is 2. The lowest BCUT2D eigenvalue weighted by Crippen LogP contribution is -2.49.